The first kappa shape index (κ1) is 13.1. The first-order valence-corrected chi connectivity index (χ1v) is 4.30. The van der Waals surface area contributed by atoms with Crippen molar-refractivity contribution < 1.29 is 27.1 Å². The summed E-state index contributed by atoms with van der Waals surface area (Å²) in [5.74, 6) is 0. The molecular weight excluding hydrogens is 257 g/mol. The van der Waals surface area contributed by atoms with Gasteiger partial charge >= 0.3 is 6.18 Å². The molecule has 1 aromatic heterocycles. The molecule has 1 rings (SSSR count). The Morgan fingerprint density at radius 1 is 1.38 bits per heavy atom. The summed E-state index contributed by atoms with van der Waals surface area (Å²) in [5, 5.41) is 8.21. The Bertz CT molecular complexity index is 393. The van der Waals surface area contributed by atoms with E-state index in [1.807, 2.05) is 0 Å². The number of aliphatic hydroxyl groups excluding tert-OH is 1. The van der Waals surface area contributed by atoms with Crippen LogP contribution in [-0.4, -0.2) is 10.1 Å². The SMILES string of the molecule is OCc1nc(C(F)(F)F)c(C(F)F)cc1Cl. The van der Waals surface area contributed by atoms with Crippen LogP contribution in [0.1, 0.15) is 23.4 Å². The van der Waals surface area contributed by atoms with Gasteiger partial charge in [-0.3, -0.25) is 0 Å². The Morgan fingerprint density at radius 2 is 1.94 bits per heavy atom. The van der Waals surface area contributed by atoms with Gasteiger partial charge in [-0.1, -0.05) is 11.6 Å². The number of halogens is 6. The lowest BCUT2D eigenvalue weighted by molar-refractivity contribution is -0.143. The van der Waals surface area contributed by atoms with Crippen LogP contribution >= 0.6 is 11.6 Å². The van der Waals surface area contributed by atoms with Crippen molar-refractivity contribution in [3.63, 3.8) is 0 Å². The number of hydrogen-bond acceptors (Lipinski definition) is 2. The minimum atomic E-state index is -5.01. The predicted octanol–water partition coefficient (Wildman–Crippen LogP) is 3.18. The normalized spacial score (nSPS) is 12.2. The Kier molecular flexibility index (Phi) is 3.69. The topological polar surface area (TPSA) is 33.1 Å². The first-order chi connectivity index (χ1) is 7.27. The van der Waals surface area contributed by atoms with E-state index in [0.29, 0.717) is 6.07 Å². The zero-order chi connectivity index (χ0) is 12.5. The van der Waals surface area contributed by atoms with Gasteiger partial charge in [0.1, 0.15) is 0 Å². The minimum absolute atomic E-state index is 0.425. The minimum Gasteiger partial charge on any atom is -0.390 e. The van der Waals surface area contributed by atoms with Crippen molar-refractivity contribution in [3.05, 3.63) is 28.0 Å². The molecule has 90 valence electrons. The molecule has 1 heterocycles. The monoisotopic (exact) mass is 261 g/mol. The fourth-order valence-electron chi connectivity index (χ4n) is 1.05. The van der Waals surface area contributed by atoms with Crippen LogP contribution in [-0.2, 0) is 12.8 Å². The molecule has 0 atom stereocenters. The number of aliphatic hydroxyl groups is 1. The van der Waals surface area contributed by atoms with Gasteiger partial charge in [0.15, 0.2) is 5.69 Å². The second-order valence-electron chi connectivity index (χ2n) is 2.81. The summed E-state index contributed by atoms with van der Waals surface area (Å²) < 4.78 is 61.6. The zero-order valence-electron chi connectivity index (χ0n) is 7.52. The van der Waals surface area contributed by atoms with E-state index < -0.39 is 41.2 Å². The Morgan fingerprint density at radius 3 is 2.31 bits per heavy atom. The molecule has 1 N–H and O–H groups in total. The molecule has 0 radical (unpaired) electrons. The second kappa shape index (κ2) is 4.50. The van der Waals surface area contributed by atoms with Crippen LogP contribution in [0.5, 0.6) is 0 Å². The van der Waals surface area contributed by atoms with Crippen molar-refractivity contribution in [3.8, 4) is 0 Å². The smallest absolute Gasteiger partial charge is 0.390 e. The fraction of sp³-hybridized carbons (Fsp3) is 0.375. The highest BCUT2D eigenvalue weighted by atomic mass is 35.5. The average molecular weight is 262 g/mol. The van der Waals surface area contributed by atoms with E-state index in [0.717, 1.165) is 0 Å². The standard InChI is InChI=1S/C8H5ClF5NO/c9-4-1-3(7(10)11)6(8(12,13)14)15-5(4)2-16/h1,7,16H,2H2. The van der Waals surface area contributed by atoms with Gasteiger partial charge < -0.3 is 5.11 Å². The van der Waals surface area contributed by atoms with E-state index >= 15 is 0 Å². The van der Waals surface area contributed by atoms with E-state index in [-0.39, 0.29) is 0 Å². The molecular formula is C8H5ClF5NO. The summed E-state index contributed by atoms with van der Waals surface area (Å²) in [6.07, 6.45) is -8.35. The molecule has 0 fully saturated rings. The molecule has 0 aromatic carbocycles. The summed E-state index contributed by atoms with van der Waals surface area (Å²) in [6.45, 7) is -0.856. The number of rotatable bonds is 2. The number of aromatic nitrogens is 1. The van der Waals surface area contributed by atoms with Gasteiger partial charge in [-0.05, 0) is 6.07 Å². The van der Waals surface area contributed by atoms with Crippen molar-refractivity contribution in [2.45, 2.75) is 19.2 Å². The van der Waals surface area contributed by atoms with Gasteiger partial charge in [-0.2, -0.15) is 13.2 Å². The van der Waals surface area contributed by atoms with Crippen LogP contribution in [0.25, 0.3) is 0 Å². The molecule has 0 aliphatic carbocycles. The third kappa shape index (κ3) is 2.59. The van der Waals surface area contributed by atoms with Crippen LogP contribution < -0.4 is 0 Å². The van der Waals surface area contributed by atoms with Crippen LogP contribution in [0.3, 0.4) is 0 Å². The lowest BCUT2D eigenvalue weighted by Crippen LogP contribution is -2.14. The Balaban J connectivity index is 3.43. The maximum atomic E-state index is 12.3. The quantitative estimate of drug-likeness (QED) is 0.830. The molecule has 0 amide bonds. The third-order valence-corrected chi connectivity index (χ3v) is 2.06. The highest BCUT2D eigenvalue weighted by molar-refractivity contribution is 6.31. The molecule has 0 unspecified atom stereocenters. The summed E-state index contributed by atoms with van der Waals surface area (Å²) in [6, 6.07) is 0.466. The molecule has 8 heteroatoms. The van der Waals surface area contributed by atoms with Crippen molar-refractivity contribution in [2.24, 2.45) is 0 Å². The molecule has 2 nitrogen and oxygen atoms in total. The van der Waals surface area contributed by atoms with Gasteiger partial charge in [0, 0.05) is 0 Å². The van der Waals surface area contributed by atoms with Gasteiger partial charge in [0.2, 0.25) is 0 Å². The second-order valence-corrected chi connectivity index (χ2v) is 3.22. The largest absolute Gasteiger partial charge is 0.433 e. The molecule has 0 aliphatic rings. The van der Waals surface area contributed by atoms with Crippen molar-refractivity contribution in [1.29, 1.82) is 0 Å². The van der Waals surface area contributed by atoms with Gasteiger partial charge in [0.25, 0.3) is 6.43 Å². The summed E-state index contributed by atoms with van der Waals surface area (Å²) in [4.78, 5) is 2.90. The van der Waals surface area contributed by atoms with Gasteiger partial charge in [0.05, 0.1) is 22.9 Å². The number of alkyl halides is 5. The average Bonchev–Trinajstić information content (AvgIpc) is 2.15. The van der Waals surface area contributed by atoms with E-state index in [4.69, 9.17) is 16.7 Å². The van der Waals surface area contributed by atoms with E-state index in [9.17, 15) is 22.0 Å². The van der Waals surface area contributed by atoms with Gasteiger partial charge in [-0.15, -0.1) is 0 Å². The van der Waals surface area contributed by atoms with E-state index in [1.54, 1.807) is 0 Å². The fourth-order valence-corrected chi connectivity index (χ4v) is 1.26. The highest BCUT2D eigenvalue weighted by Gasteiger charge is 2.38. The molecule has 0 bridgehead atoms. The molecule has 1 aromatic rings. The zero-order valence-corrected chi connectivity index (χ0v) is 8.28. The number of pyridine rings is 1. The maximum absolute atomic E-state index is 12.3. The number of nitrogens with zero attached hydrogens (tertiary/aromatic N) is 1. The summed E-state index contributed by atoms with van der Waals surface area (Å²) >= 11 is 5.37. The first-order valence-electron chi connectivity index (χ1n) is 3.93. The van der Waals surface area contributed by atoms with Crippen LogP contribution in [0, 0.1) is 0 Å². The van der Waals surface area contributed by atoms with Crippen LogP contribution in [0.2, 0.25) is 5.02 Å². The lowest BCUT2D eigenvalue weighted by atomic mass is 10.1. The van der Waals surface area contributed by atoms with Crippen molar-refractivity contribution >= 4 is 11.6 Å². The highest BCUT2D eigenvalue weighted by Crippen LogP contribution is 2.36. The van der Waals surface area contributed by atoms with Gasteiger partial charge in [-0.25, -0.2) is 13.8 Å². The molecule has 0 saturated carbocycles. The van der Waals surface area contributed by atoms with E-state index in [2.05, 4.69) is 4.98 Å². The summed E-state index contributed by atoms with van der Waals surface area (Å²) in [5.41, 5.74) is -3.51. The Hall–Kier alpha value is -0.950. The maximum Gasteiger partial charge on any atom is 0.433 e. The molecule has 0 saturated heterocycles. The van der Waals surface area contributed by atoms with E-state index in [1.165, 1.54) is 0 Å². The van der Waals surface area contributed by atoms with Crippen LogP contribution in [0.4, 0.5) is 22.0 Å². The molecule has 16 heavy (non-hydrogen) atoms. The molecule has 0 spiro atoms. The Labute approximate surface area is 91.7 Å². The van der Waals surface area contributed by atoms with Crippen LogP contribution in [0.15, 0.2) is 6.07 Å². The summed E-state index contributed by atoms with van der Waals surface area (Å²) in [7, 11) is 0. The third-order valence-electron chi connectivity index (χ3n) is 1.73. The molecule has 0 aliphatic heterocycles. The number of hydrogen-bond donors (Lipinski definition) is 1. The van der Waals surface area contributed by atoms with Crippen molar-refractivity contribution in [2.75, 3.05) is 0 Å². The lowest BCUT2D eigenvalue weighted by Gasteiger charge is -2.13. The predicted molar refractivity (Wildman–Crippen MR) is 45.1 cm³/mol. The van der Waals surface area contributed by atoms with Crippen molar-refractivity contribution in [1.82, 2.24) is 4.98 Å².